The van der Waals surface area contributed by atoms with Crippen LogP contribution in [0.5, 0.6) is 5.75 Å². The number of hydrogen-bond acceptors (Lipinski definition) is 4. The smallest absolute Gasteiger partial charge is 0.326 e. The number of amides is 1. The number of carboxylic acids is 1. The zero-order valence-electron chi connectivity index (χ0n) is 17.9. The van der Waals surface area contributed by atoms with Crippen LogP contribution in [-0.2, 0) is 29.0 Å². The van der Waals surface area contributed by atoms with E-state index < -0.39 is 18.1 Å². The van der Waals surface area contributed by atoms with Crippen LogP contribution in [0.1, 0.15) is 27.8 Å². The lowest BCUT2D eigenvalue weighted by Gasteiger charge is -2.38. The molecule has 166 valence electrons. The van der Waals surface area contributed by atoms with Crippen LogP contribution in [0, 0.1) is 21.0 Å². The summed E-state index contributed by atoms with van der Waals surface area (Å²) >= 11 is 4.26. The average Bonchev–Trinajstić information content (AvgIpc) is 2.74. The van der Waals surface area contributed by atoms with Gasteiger partial charge in [-0.15, -0.1) is 0 Å². The molecule has 0 fully saturated rings. The number of benzene rings is 2. The summed E-state index contributed by atoms with van der Waals surface area (Å²) in [7, 11) is 3.69. The molecule has 2 aromatic carbocycles. The van der Waals surface area contributed by atoms with Crippen LogP contribution >= 0.6 is 45.2 Å². The number of phenols is 1. The van der Waals surface area contributed by atoms with E-state index in [4.69, 9.17) is 0 Å². The van der Waals surface area contributed by atoms with E-state index in [2.05, 4.69) is 45.2 Å². The molecule has 0 aliphatic carbocycles. The minimum Gasteiger partial charge on any atom is -0.506 e. The van der Waals surface area contributed by atoms with Gasteiger partial charge in [0.05, 0.1) is 13.2 Å². The van der Waals surface area contributed by atoms with E-state index in [-0.39, 0.29) is 11.7 Å². The number of nitrogens with zero attached hydrogens (tertiary/aromatic N) is 2. The largest absolute Gasteiger partial charge is 0.506 e. The molecule has 31 heavy (non-hydrogen) atoms. The van der Waals surface area contributed by atoms with E-state index in [0.717, 1.165) is 35.0 Å². The summed E-state index contributed by atoms with van der Waals surface area (Å²) in [6, 6.07) is 6.31. The highest BCUT2D eigenvalue weighted by molar-refractivity contribution is 14.1. The summed E-state index contributed by atoms with van der Waals surface area (Å²) < 4.78 is 1.56. The van der Waals surface area contributed by atoms with Gasteiger partial charge in [-0.05, 0) is 107 Å². The maximum Gasteiger partial charge on any atom is 0.326 e. The van der Waals surface area contributed by atoms with Gasteiger partial charge in [0.2, 0.25) is 5.91 Å². The Morgan fingerprint density at radius 2 is 1.68 bits per heavy atom. The average molecular weight is 648 g/mol. The van der Waals surface area contributed by atoms with Gasteiger partial charge < -0.3 is 15.1 Å². The summed E-state index contributed by atoms with van der Waals surface area (Å²) in [6.45, 7) is 4.20. The summed E-state index contributed by atoms with van der Waals surface area (Å²) in [5, 5.41) is 20.2. The Morgan fingerprint density at radius 1 is 1.13 bits per heavy atom. The minimum atomic E-state index is -0.985. The molecule has 0 bridgehead atoms. The second-order valence-corrected chi connectivity index (χ2v) is 10.3. The molecule has 0 saturated heterocycles. The molecule has 8 heteroatoms. The third-order valence-electron chi connectivity index (χ3n) is 6.10. The maximum absolute atomic E-state index is 13.7. The zero-order valence-corrected chi connectivity index (χ0v) is 22.3. The molecule has 1 amide bonds. The molecular formula is C23H26I2N2O4. The molecule has 2 aromatic rings. The second kappa shape index (κ2) is 9.62. The van der Waals surface area contributed by atoms with Gasteiger partial charge in [0, 0.05) is 13.0 Å². The first kappa shape index (κ1) is 24.2. The molecule has 0 radical (unpaired) electrons. The lowest BCUT2D eigenvalue weighted by Crippen LogP contribution is -2.55. The van der Waals surface area contributed by atoms with Crippen LogP contribution in [0.3, 0.4) is 0 Å². The van der Waals surface area contributed by atoms with Crippen molar-refractivity contribution in [3.8, 4) is 5.75 Å². The molecule has 3 rings (SSSR count). The van der Waals surface area contributed by atoms with Crippen molar-refractivity contribution in [2.24, 2.45) is 0 Å². The lowest BCUT2D eigenvalue weighted by atomic mass is 9.91. The van der Waals surface area contributed by atoms with Gasteiger partial charge in [0.25, 0.3) is 0 Å². The van der Waals surface area contributed by atoms with Crippen LogP contribution in [0.2, 0.25) is 0 Å². The van der Waals surface area contributed by atoms with Gasteiger partial charge in [-0.2, -0.15) is 0 Å². The first-order chi connectivity index (χ1) is 14.5. The lowest BCUT2D eigenvalue weighted by molar-refractivity contribution is -0.153. The predicted molar refractivity (Wildman–Crippen MR) is 136 cm³/mol. The number of carbonyl (C=O) groups is 2. The topological polar surface area (TPSA) is 81.1 Å². The molecule has 0 aromatic heterocycles. The van der Waals surface area contributed by atoms with Gasteiger partial charge in [0.15, 0.2) is 0 Å². The Kier molecular flexibility index (Phi) is 7.52. The van der Waals surface area contributed by atoms with E-state index in [1.807, 2.05) is 57.1 Å². The molecule has 2 unspecified atom stereocenters. The number of rotatable bonds is 5. The summed E-state index contributed by atoms with van der Waals surface area (Å²) in [5.74, 6) is -0.906. The molecule has 2 atom stereocenters. The van der Waals surface area contributed by atoms with Gasteiger partial charge in [0.1, 0.15) is 11.8 Å². The highest BCUT2D eigenvalue weighted by Gasteiger charge is 2.38. The third kappa shape index (κ3) is 4.70. The van der Waals surface area contributed by atoms with Crippen molar-refractivity contribution >= 4 is 57.1 Å². The number of likely N-dealkylation sites (N-methyl/N-ethyl adjacent to an activating group) is 1. The van der Waals surface area contributed by atoms with E-state index >= 15 is 0 Å². The van der Waals surface area contributed by atoms with Gasteiger partial charge in [-0.1, -0.05) is 24.3 Å². The van der Waals surface area contributed by atoms with Crippen molar-refractivity contribution in [2.75, 3.05) is 14.1 Å². The van der Waals surface area contributed by atoms with E-state index in [9.17, 15) is 19.8 Å². The Balaban J connectivity index is 1.99. The number of phenolic OH excluding ortho intramolecular Hbond substituents is 1. The fraction of sp³-hybridized carbons (Fsp3) is 0.391. The minimum absolute atomic E-state index is 0.191. The highest BCUT2D eigenvalue weighted by Crippen LogP contribution is 2.36. The monoisotopic (exact) mass is 648 g/mol. The fourth-order valence-corrected chi connectivity index (χ4v) is 5.86. The Labute approximate surface area is 209 Å². The fourth-order valence-electron chi connectivity index (χ4n) is 4.15. The van der Waals surface area contributed by atoms with Crippen LogP contribution in [0.4, 0.5) is 0 Å². The number of carbonyl (C=O) groups excluding carboxylic acids is 1. The number of fused-ring (bicyclic) bond motifs is 1. The number of aromatic hydroxyl groups is 1. The summed E-state index contributed by atoms with van der Waals surface area (Å²) in [6.07, 6.45) is 0.755. The molecule has 1 aliphatic rings. The Bertz CT molecular complexity index is 1010. The first-order valence-electron chi connectivity index (χ1n) is 9.97. The number of hydrogen-bond donors (Lipinski definition) is 2. The van der Waals surface area contributed by atoms with Crippen LogP contribution in [0.15, 0.2) is 24.3 Å². The van der Waals surface area contributed by atoms with E-state index in [1.165, 1.54) is 4.90 Å². The SMILES string of the molecule is Cc1c(I)c(O)c(I)c(C)c1CC(C(=O)N1Cc2ccccc2CC1C(=O)O)N(C)C. The van der Waals surface area contributed by atoms with Crippen molar-refractivity contribution in [1.82, 2.24) is 9.80 Å². The van der Waals surface area contributed by atoms with E-state index in [1.54, 1.807) is 0 Å². The Morgan fingerprint density at radius 3 is 2.19 bits per heavy atom. The molecule has 6 nitrogen and oxygen atoms in total. The maximum atomic E-state index is 13.7. The second-order valence-electron chi connectivity index (χ2n) is 8.18. The van der Waals surface area contributed by atoms with Crippen LogP contribution < -0.4 is 0 Å². The van der Waals surface area contributed by atoms with Gasteiger partial charge in [-0.25, -0.2) is 4.79 Å². The van der Waals surface area contributed by atoms with Gasteiger partial charge in [-0.3, -0.25) is 9.69 Å². The summed E-state index contributed by atoms with van der Waals surface area (Å²) in [5.41, 5.74) is 4.90. The molecule has 0 spiro atoms. The molecular weight excluding hydrogens is 622 g/mol. The number of carboxylic acid groups (broad SMARTS) is 1. The van der Waals surface area contributed by atoms with Crippen LogP contribution in [0.25, 0.3) is 0 Å². The van der Waals surface area contributed by atoms with E-state index in [0.29, 0.717) is 19.4 Å². The van der Waals surface area contributed by atoms with Crippen molar-refractivity contribution in [1.29, 1.82) is 0 Å². The predicted octanol–water partition coefficient (Wildman–Crippen LogP) is 3.73. The molecule has 1 heterocycles. The van der Waals surface area contributed by atoms with Crippen molar-refractivity contribution < 1.29 is 19.8 Å². The molecule has 1 aliphatic heterocycles. The normalized spacial score (nSPS) is 16.9. The molecule has 2 N–H and O–H groups in total. The number of halogens is 2. The van der Waals surface area contributed by atoms with Gasteiger partial charge >= 0.3 is 5.97 Å². The summed E-state index contributed by atoms with van der Waals surface area (Å²) in [4.78, 5) is 29.1. The van der Waals surface area contributed by atoms with Crippen molar-refractivity contribution in [3.63, 3.8) is 0 Å². The number of aliphatic carboxylic acids is 1. The standard InChI is InChI=1S/C23H26I2N2O4/c1-12-16(13(2)20(25)21(28)19(12)24)10-17(26(3)4)22(29)27-11-15-8-6-5-7-14(15)9-18(27)23(30)31/h5-8,17-18,28H,9-11H2,1-4H3,(H,30,31). The Hall–Kier alpha value is -1.40. The zero-order chi connectivity index (χ0) is 23.0. The highest BCUT2D eigenvalue weighted by atomic mass is 127. The quantitative estimate of drug-likeness (QED) is 0.484. The third-order valence-corrected chi connectivity index (χ3v) is 8.74. The van der Waals surface area contributed by atoms with Crippen LogP contribution in [-0.4, -0.2) is 58.1 Å². The van der Waals surface area contributed by atoms with Crippen molar-refractivity contribution in [3.05, 3.63) is 59.2 Å². The first-order valence-corrected chi connectivity index (χ1v) is 12.1. The molecule has 0 saturated carbocycles. The van der Waals surface area contributed by atoms with Crippen molar-refractivity contribution in [2.45, 2.75) is 45.3 Å².